The Labute approximate surface area is 119 Å². The lowest BCUT2D eigenvalue weighted by Gasteiger charge is -2.35. The van der Waals surface area contributed by atoms with Crippen LogP contribution in [-0.2, 0) is 24.7 Å². The second-order valence-corrected chi connectivity index (χ2v) is 11.6. The van der Waals surface area contributed by atoms with Gasteiger partial charge in [-0.1, -0.05) is 20.8 Å². The first kappa shape index (κ1) is 15.9. The third kappa shape index (κ3) is 3.23. The molecule has 1 N–H and O–H groups in total. The lowest BCUT2D eigenvalue weighted by Crippen LogP contribution is -2.40. The van der Waals surface area contributed by atoms with Gasteiger partial charge in [0.1, 0.15) is 5.69 Å². The quantitative estimate of drug-likeness (QED) is 0.860. The van der Waals surface area contributed by atoms with Gasteiger partial charge in [-0.25, -0.2) is 0 Å². The molecule has 1 rings (SSSR count). The SMILES string of the molecule is Cn1nc(CO[Si](C)(C)C(C)(C)C)c(Br)c1CO. The van der Waals surface area contributed by atoms with Gasteiger partial charge in [0.15, 0.2) is 8.32 Å². The van der Waals surface area contributed by atoms with E-state index in [-0.39, 0.29) is 11.6 Å². The Morgan fingerprint density at radius 2 is 1.94 bits per heavy atom. The molecule has 0 saturated carbocycles. The molecular weight excluding hydrogens is 312 g/mol. The van der Waals surface area contributed by atoms with Gasteiger partial charge in [0.05, 0.1) is 23.4 Å². The predicted octanol–water partition coefficient (Wildman–Crippen LogP) is 3.20. The summed E-state index contributed by atoms with van der Waals surface area (Å²) in [5.41, 5.74) is 1.63. The van der Waals surface area contributed by atoms with E-state index in [0.717, 1.165) is 15.9 Å². The summed E-state index contributed by atoms with van der Waals surface area (Å²) in [6, 6.07) is 0. The molecule has 6 heteroatoms. The standard InChI is InChI=1S/C12H23BrN2O2Si/c1-12(2,3)18(5,6)17-8-9-11(13)10(7-16)15(4)14-9/h16H,7-8H2,1-6H3. The first-order valence-electron chi connectivity index (χ1n) is 6.05. The topological polar surface area (TPSA) is 47.3 Å². The number of aliphatic hydroxyl groups excluding tert-OH is 1. The van der Waals surface area contributed by atoms with Gasteiger partial charge in [-0.2, -0.15) is 5.10 Å². The van der Waals surface area contributed by atoms with Crippen molar-refractivity contribution >= 4 is 24.2 Å². The van der Waals surface area contributed by atoms with Crippen molar-refractivity contribution in [1.82, 2.24) is 9.78 Å². The Morgan fingerprint density at radius 1 is 1.39 bits per heavy atom. The van der Waals surface area contributed by atoms with Gasteiger partial charge in [-0.05, 0) is 34.1 Å². The number of rotatable bonds is 4. The highest BCUT2D eigenvalue weighted by molar-refractivity contribution is 9.10. The van der Waals surface area contributed by atoms with E-state index in [4.69, 9.17) is 4.43 Å². The maximum absolute atomic E-state index is 9.25. The average molecular weight is 335 g/mol. The van der Waals surface area contributed by atoms with Crippen LogP contribution in [0.25, 0.3) is 0 Å². The molecule has 0 radical (unpaired) electrons. The molecule has 1 aromatic heterocycles. The van der Waals surface area contributed by atoms with Crippen LogP contribution in [0.5, 0.6) is 0 Å². The van der Waals surface area contributed by atoms with Crippen molar-refractivity contribution in [2.75, 3.05) is 0 Å². The Morgan fingerprint density at radius 3 is 2.33 bits per heavy atom. The third-order valence-electron chi connectivity index (χ3n) is 3.69. The summed E-state index contributed by atoms with van der Waals surface area (Å²) in [6.07, 6.45) is 0. The van der Waals surface area contributed by atoms with Gasteiger partial charge in [0.25, 0.3) is 0 Å². The second kappa shape index (κ2) is 5.44. The van der Waals surface area contributed by atoms with Gasteiger partial charge >= 0.3 is 0 Å². The van der Waals surface area contributed by atoms with E-state index in [2.05, 4.69) is 54.9 Å². The van der Waals surface area contributed by atoms with Gasteiger partial charge < -0.3 is 9.53 Å². The highest BCUT2D eigenvalue weighted by Gasteiger charge is 2.37. The second-order valence-electron chi connectivity index (χ2n) is 6.04. The third-order valence-corrected chi connectivity index (χ3v) is 9.09. The van der Waals surface area contributed by atoms with Crippen molar-refractivity contribution in [3.63, 3.8) is 0 Å². The van der Waals surface area contributed by atoms with Gasteiger partial charge in [-0.15, -0.1) is 0 Å². The maximum Gasteiger partial charge on any atom is 0.192 e. The number of nitrogens with zero attached hydrogens (tertiary/aromatic N) is 2. The molecule has 0 amide bonds. The Bertz CT molecular complexity index is 424. The number of halogens is 1. The Hall–Kier alpha value is -0.173. The molecule has 0 aliphatic heterocycles. The fourth-order valence-electron chi connectivity index (χ4n) is 1.32. The molecule has 0 aromatic carbocycles. The average Bonchev–Trinajstić information content (AvgIpc) is 2.49. The van der Waals surface area contributed by atoms with Crippen LogP contribution in [-0.4, -0.2) is 23.2 Å². The van der Waals surface area contributed by atoms with Crippen LogP contribution in [0.2, 0.25) is 18.1 Å². The summed E-state index contributed by atoms with van der Waals surface area (Å²) >= 11 is 3.47. The lowest BCUT2D eigenvalue weighted by atomic mass is 10.2. The molecule has 0 aliphatic carbocycles. The van der Waals surface area contributed by atoms with E-state index in [1.165, 1.54) is 0 Å². The van der Waals surface area contributed by atoms with Crippen molar-refractivity contribution in [2.24, 2.45) is 7.05 Å². The van der Waals surface area contributed by atoms with Crippen molar-refractivity contribution in [1.29, 1.82) is 0 Å². The zero-order chi connectivity index (χ0) is 14.1. The van der Waals surface area contributed by atoms with Crippen molar-refractivity contribution in [2.45, 2.75) is 52.1 Å². The minimum absolute atomic E-state index is 0.0236. The van der Waals surface area contributed by atoms with Crippen molar-refractivity contribution < 1.29 is 9.53 Å². The van der Waals surface area contributed by atoms with E-state index in [1.54, 1.807) is 4.68 Å². The molecule has 0 spiro atoms. The molecule has 0 fully saturated rings. The van der Waals surface area contributed by atoms with Crippen LogP contribution in [0.3, 0.4) is 0 Å². The summed E-state index contributed by atoms with van der Waals surface area (Å²) in [4.78, 5) is 0. The summed E-state index contributed by atoms with van der Waals surface area (Å²) < 4.78 is 8.67. The molecule has 1 aromatic rings. The molecule has 0 atom stereocenters. The van der Waals surface area contributed by atoms with Crippen LogP contribution in [0.1, 0.15) is 32.2 Å². The molecule has 0 saturated heterocycles. The van der Waals surface area contributed by atoms with Crippen LogP contribution in [0.4, 0.5) is 0 Å². The monoisotopic (exact) mass is 334 g/mol. The number of hydrogen-bond donors (Lipinski definition) is 1. The minimum atomic E-state index is -1.76. The van der Waals surface area contributed by atoms with E-state index in [9.17, 15) is 5.11 Å². The molecule has 0 aliphatic rings. The molecule has 104 valence electrons. The smallest absolute Gasteiger partial charge is 0.192 e. The fraction of sp³-hybridized carbons (Fsp3) is 0.750. The summed E-state index contributed by atoms with van der Waals surface area (Å²) in [5.74, 6) is 0. The first-order valence-corrected chi connectivity index (χ1v) is 9.75. The van der Waals surface area contributed by atoms with Crippen LogP contribution < -0.4 is 0 Å². The summed E-state index contributed by atoms with van der Waals surface area (Å²) in [5, 5.41) is 13.8. The molecule has 18 heavy (non-hydrogen) atoms. The highest BCUT2D eigenvalue weighted by Crippen LogP contribution is 2.37. The Balaban J connectivity index is 2.82. The molecule has 1 heterocycles. The molecular formula is C12H23BrN2O2Si. The summed E-state index contributed by atoms with van der Waals surface area (Å²) in [6.45, 7) is 11.5. The van der Waals surface area contributed by atoms with Crippen molar-refractivity contribution in [3.8, 4) is 0 Å². The van der Waals surface area contributed by atoms with E-state index in [1.807, 2.05) is 7.05 Å². The first-order chi connectivity index (χ1) is 8.10. The minimum Gasteiger partial charge on any atom is -0.411 e. The molecule has 0 unspecified atom stereocenters. The maximum atomic E-state index is 9.25. The van der Waals surface area contributed by atoms with Gasteiger partial charge in [0, 0.05) is 7.05 Å². The molecule has 0 bridgehead atoms. The van der Waals surface area contributed by atoms with E-state index < -0.39 is 8.32 Å². The fourth-order valence-corrected chi connectivity index (χ4v) is 2.83. The van der Waals surface area contributed by atoms with E-state index in [0.29, 0.717) is 6.61 Å². The normalized spacial score (nSPS) is 13.1. The predicted molar refractivity (Wildman–Crippen MR) is 78.8 cm³/mol. The Kier molecular flexibility index (Phi) is 4.80. The zero-order valence-corrected chi connectivity index (χ0v) is 14.6. The number of aliphatic hydroxyl groups is 1. The lowest BCUT2D eigenvalue weighted by molar-refractivity contribution is 0.269. The van der Waals surface area contributed by atoms with Crippen LogP contribution in [0, 0.1) is 0 Å². The van der Waals surface area contributed by atoms with Crippen LogP contribution in [0.15, 0.2) is 4.47 Å². The van der Waals surface area contributed by atoms with Gasteiger partial charge in [0.2, 0.25) is 0 Å². The number of aromatic nitrogens is 2. The largest absolute Gasteiger partial charge is 0.411 e. The van der Waals surface area contributed by atoms with Crippen molar-refractivity contribution in [3.05, 3.63) is 15.9 Å². The van der Waals surface area contributed by atoms with Gasteiger partial charge in [-0.3, -0.25) is 4.68 Å². The van der Waals surface area contributed by atoms with E-state index >= 15 is 0 Å². The number of aryl methyl sites for hydroxylation is 1. The van der Waals surface area contributed by atoms with Crippen LogP contribution >= 0.6 is 15.9 Å². The summed E-state index contributed by atoms with van der Waals surface area (Å²) in [7, 11) is 0.0640. The zero-order valence-electron chi connectivity index (χ0n) is 12.0. The molecule has 4 nitrogen and oxygen atoms in total. The highest BCUT2D eigenvalue weighted by atomic mass is 79.9. The number of hydrogen-bond acceptors (Lipinski definition) is 3.